The zero-order chi connectivity index (χ0) is 16.4. The summed E-state index contributed by atoms with van der Waals surface area (Å²) < 4.78 is 38.9. The van der Waals surface area contributed by atoms with Gasteiger partial charge in [-0.15, -0.1) is 0 Å². The van der Waals surface area contributed by atoms with Crippen LogP contribution >= 0.6 is 0 Å². The quantitative estimate of drug-likeness (QED) is 0.939. The predicted molar refractivity (Wildman–Crippen MR) is 80.7 cm³/mol. The summed E-state index contributed by atoms with van der Waals surface area (Å²) >= 11 is 0. The maximum Gasteiger partial charge on any atom is 0.406 e. The average Bonchev–Trinajstić information content (AvgIpc) is 3.06. The molecule has 23 heavy (non-hydrogen) atoms. The topological polar surface area (TPSA) is 47.1 Å². The number of halogens is 3. The van der Waals surface area contributed by atoms with E-state index in [-0.39, 0.29) is 12.0 Å². The van der Waals surface area contributed by atoms with E-state index in [4.69, 9.17) is 5.73 Å². The molecule has 0 aliphatic carbocycles. The maximum atomic E-state index is 12.6. The van der Waals surface area contributed by atoms with E-state index in [0.717, 1.165) is 11.1 Å². The van der Waals surface area contributed by atoms with Gasteiger partial charge in [-0.25, -0.2) is 4.98 Å². The Labute approximate surface area is 132 Å². The summed E-state index contributed by atoms with van der Waals surface area (Å²) in [5, 5.41) is 0. The van der Waals surface area contributed by atoms with Crippen LogP contribution in [0.15, 0.2) is 42.7 Å². The van der Waals surface area contributed by atoms with E-state index in [1.165, 1.54) is 18.0 Å². The van der Waals surface area contributed by atoms with Crippen molar-refractivity contribution in [3.63, 3.8) is 0 Å². The second-order valence-electron chi connectivity index (χ2n) is 5.96. The third kappa shape index (κ3) is 3.92. The minimum atomic E-state index is -4.25. The number of imidazole rings is 1. The monoisotopic (exact) mass is 324 g/mol. The lowest BCUT2D eigenvalue weighted by molar-refractivity contribution is -0.141. The van der Waals surface area contributed by atoms with Crippen molar-refractivity contribution in [1.82, 2.24) is 14.5 Å². The van der Waals surface area contributed by atoms with Crippen LogP contribution in [0.25, 0.3) is 0 Å². The van der Waals surface area contributed by atoms with Gasteiger partial charge >= 0.3 is 6.18 Å². The van der Waals surface area contributed by atoms with Gasteiger partial charge in [0.2, 0.25) is 0 Å². The SMILES string of the molecule is N[C@@H]1CN(Cc2nccn2CC(F)(F)F)C[C@H]1c1ccccc1. The number of rotatable bonds is 4. The first-order valence-corrected chi connectivity index (χ1v) is 7.52. The Morgan fingerprint density at radius 3 is 2.61 bits per heavy atom. The van der Waals surface area contributed by atoms with Crippen molar-refractivity contribution in [3.8, 4) is 0 Å². The Morgan fingerprint density at radius 2 is 1.91 bits per heavy atom. The fraction of sp³-hybridized carbons (Fsp3) is 0.438. The summed E-state index contributed by atoms with van der Waals surface area (Å²) in [6.07, 6.45) is -1.47. The van der Waals surface area contributed by atoms with Crippen LogP contribution in [0.5, 0.6) is 0 Å². The van der Waals surface area contributed by atoms with Crippen molar-refractivity contribution in [1.29, 1.82) is 0 Å². The lowest BCUT2D eigenvalue weighted by atomic mass is 9.95. The van der Waals surface area contributed by atoms with Crippen molar-refractivity contribution < 1.29 is 13.2 Å². The number of alkyl halides is 3. The Morgan fingerprint density at radius 1 is 1.17 bits per heavy atom. The molecular weight excluding hydrogens is 305 g/mol. The van der Waals surface area contributed by atoms with Gasteiger partial charge in [-0.2, -0.15) is 13.2 Å². The minimum Gasteiger partial charge on any atom is -0.326 e. The number of nitrogens with two attached hydrogens (primary N) is 1. The van der Waals surface area contributed by atoms with Crippen molar-refractivity contribution in [2.75, 3.05) is 13.1 Å². The summed E-state index contributed by atoms with van der Waals surface area (Å²) in [6, 6.07) is 9.96. The molecule has 1 aliphatic rings. The first-order valence-electron chi connectivity index (χ1n) is 7.52. The first-order chi connectivity index (χ1) is 10.9. The standard InChI is InChI=1S/C16H19F3N4/c17-16(18,19)11-23-7-6-21-15(23)10-22-8-13(14(20)9-22)12-4-2-1-3-5-12/h1-7,13-14H,8-11,20H2/t13-,14+/m0/s1. The summed E-state index contributed by atoms with van der Waals surface area (Å²) in [5.41, 5.74) is 7.39. The van der Waals surface area contributed by atoms with Gasteiger partial charge in [0.15, 0.2) is 0 Å². The highest BCUT2D eigenvalue weighted by Gasteiger charge is 2.33. The van der Waals surface area contributed by atoms with E-state index >= 15 is 0 Å². The van der Waals surface area contributed by atoms with Gasteiger partial charge in [-0.1, -0.05) is 30.3 Å². The third-order valence-corrected chi connectivity index (χ3v) is 4.18. The van der Waals surface area contributed by atoms with Gasteiger partial charge in [0.25, 0.3) is 0 Å². The van der Waals surface area contributed by atoms with Gasteiger partial charge in [0.1, 0.15) is 12.4 Å². The molecule has 1 aromatic heterocycles. The number of benzene rings is 1. The van der Waals surface area contributed by atoms with Gasteiger partial charge < -0.3 is 10.3 Å². The van der Waals surface area contributed by atoms with E-state index in [1.807, 2.05) is 30.3 Å². The van der Waals surface area contributed by atoms with Crippen molar-refractivity contribution in [3.05, 3.63) is 54.1 Å². The molecule has 0 amide bonds. The molecule has 7 heteroatoms. The molecule has 0 spiro atoms. The Balaban J connectivity index is 1.67. The first kappa shape index (κ1) is 16.0. The Bertz CT molecular complexity index is 638. The molecule has 1 saturated heterocycles. The van der Waals surface area contributed by atoms with Crippen LogP contribution in [-0.2, 0) is 13.1 Å². The fourth-order valence-corrected chi connectivity index (χ4v) is 3.12. The number of aromatic nitrogens is 2. The number of nitrogens with zero attached hydrogens (tertiary/aromatic N) is 3. The second kappa shape index (κ2) is 6.33. The molecule has 0 bridgehead atoms. The van der Waals surface area contributed by atoms with E-state index in [1.54, 1.807) is 0 Å². The van der Waals surface area contributed by atoms with E-state index in [2.05, 4.69) is 9.88 Å². The zero-order valence-corrected chi connectivity index (χ0v) is 12.6. The molecule has 1 aromatic carbocycles. The predicted octanol–water partition coefficient (Wildman–Crippen LogP) is 2.37. The van der Waals surface area contributed by atoms with Crippen LogP contribution in [0.2, 0.25) is 0 Å². The van der Waals surface area contributed by atoms with Crippen LogP contribution in [-0.4, -0.2) is 39.8 Å². The molecule has 124 valence electrons. The van der Waals surface area contributed by atoms with Crippen LogP contribution in [0, 0.1) is 0 Å². The largest absolute Gasteiger partial charge is 0.406 e. The zero-order valence-electron chi connectivity index (χ0n) is 12.6. The summed E-state index contributed by atoms with van der Waals surface area (Å²) in [7, 11) is 0. The molecule has 0 saturated carbocycles. The van der Waals surface area contributed by atoms with Crippen LogP contribution in [0.1, 0.15) is 17.3 Å². The second-order valence-corrected chi connectivity index (χ2v) is 5.96. The molecule has 0 radical (unpaired) electrons. The number of likely N-dealkylation sites (tertiary alicyclic amines) is 1. The molecule has 2 aromatic rings. The van der Waals surface area contributed by atoms with Crippen LogP contribution in [0.4, 0.5) is 13.2 Å². The maximum absolute atomic E-state index is 12.6. The smallest absolute Gasteiger partial charge is 0.326 e. The molecule has 2 heterocycles. The van der Waals surface area contributed by atoms with Gasteiger partial charge in [0.05, 0.1) is 6.54 Å². The third-order valence-electron chi connectivity index (χ3n) is 4.18. The van der Waals surface area contributed by atoms with Gasteiger partial charge in [-0.3, -0.25) is 4.90 Å². The lowest BCUT2D eigenvalue weighted by Crippen LogP contribution is -2.29. The highest BCUT2D eigenvalue weighted by molar-refractivity contribution is 5.23. The van der Waals surface area contributed by atoms with Crippen molar-refractivity contribution in [2.24, 2.45) is 5.73 Å². The summed E-state index contributed by atoms with van der Waals surface area (Å²) in [6.45, 7) is 0.743. The van der Waals surface area contributed by atoms with Crippen molar-refractivity contribution >= 4 is 0 Å². The van der Waals surface area contributed by atoms with E-state index < -0.39 is 12.7 Å². The molecule has 1 fully saturated rings. The Hall–Kier alpha value is -1.86. The van der Waals surface area contributed by atoms with Gasteiger partial charge in [0, 0.05) is 37.4 Å². The highest BCUT2D eigenvalue weighted by Crippen LogP contribution is 2.27. The number of hydrogen-bond acceptors (Lipinski definition) is 3. The normalized spacial score (nSPS) is 22.6. The van der Waals surface area contributed by atoms with Crippen LogP contribution < -0.4 is 5.73 Å². The van der Waals surface area contributed by atoms with E-state index in [9.17, 15) is 13.2 Å². The van der Waals surface area contributed by atoms with Crippen LogP contribution in [0.3, 0.4) is 0 Å². The highest BCUT2D eigenvalue weighted by atomic mass is 19.4. The summed E-state index contributed by atoms with van der Waals surface area (Å²) in [5.74, 6) is 0.616. The molecular formula is C16H19F3N4. The average molecular weight is 324 g/mol. The molecule has 1 aliphatic heterocycles. The summed E-state index contributed by atoms with van der Waals surface area (Å²) in [4.78, 5) is 6.13. The molecule has 3 rings (SSSR count). The lowest BCUT2D eigenvalue weighted by Gasteiger charge is -2.17. The molecule has 2 atom stereocenters. The Kier molecular flexibility index (Phi) is 4.41. The minimum absolute atomic E-state index is 0.0246. The molecule has 2 N–H and O–H groups in total. The van der Waals surface area contributed by atoms with Gasteiger partial charge in [-0.05, 0) is 5.56 Å². The molecule has 0 unspecified atom stereocenters. The number of hydrogen-bond donors (Lipinski definition) is 1. The van der Waals surface area contributed by atoms with E-state index in [0.29, 0.717) is 18.9 Å². The van der Waals surface area contributed by atoms with Crippen molar-refractivity contribution in [2.45, 2.75) is 31.2 Å². The fourth-order valence-electron chi connectivity index (χ4n) is 3.12. The molecule has 4 nitrogen and oxygen atoms in total.